The second-order valence-corrected chi connectivity index (χ2v) is 3.98. The number of carbonyl (C=O) groups is 1. The summed E-state index contributed by atoms with van der Waals surface area (Å²) >= 11 is 0. The molecule has 0 aliphatic heterocycles. The lowest BCUT2D eigenvalue weighted by Crippen LogP contribution is -2.23. The maximum Gasteiger partial charge on any atom is 0.409 e. The Labute approximate surface area is 93.8 Å². The molecule has 0 N–H and O–H groups in total. The maximum absolute atomic E-state index is 11.0. The van der Waals surface area contributed by atoms with E-state index in [0.717, 1.165) is 19.3 Å². The van der Waals surface area contributed by atoms with Crippen LogP contribution < -0.4 is 0 Å². The van der Waals surface area contributed by atoms with E-state index in [9.17, 15) is 4.79 Å². The van der Waals surface area contributed by atoms with Crippen LogP contribution in [0.3, 0.4) is 0 Å². The average Bonchev–Trinajstić information content (AvgIpc) is 2.21. The summed E-state index contributed by atoms with van der Waals surface area (Å²) in [6.07, 6.45) is 7.95. The van der Waals surface area contributed by atoms with Gasteiger partial charge in [-0.05, 0) is 6.42 Å². The SMILES string of the molecule is [CH2]CCCCCCCCOC(=O)N(C)C. The second kappa shape index (κ2) is 9.81. The van der Waals surface area contributed by atoms with Gasteiger partial charge in [-0.25, -0.2) is 4.79 Å². The highest BCUT2D eigenvalue weighted by molar-refractivity contribution is 5.66. The van der Waals surface area contributed by atoms with Crippen LogP contribution in [0.1, 0.15) is 44.9 Å². The van der Waals surface area contributed by atoms with Crippen molar-refractivity contribution in [2.24, 2.45) is 0 Å². The molecule has 0 atom stereocenters. The van der Waals surface area contributed by atoms with Gasteiger partial charge in [0.25, 0.3) is 0 Å². The molecule has 0 aromatic heterocycles. The zero-order valence-electron chi connectivity index (χ0n) is 10.1. The molecule has 3 nitrogen and oxygen atoms in total. The van der Waals surface area contributed by atoms with Crippen LogP contribution in [0.2, 0.25) is 0 Å². The van der Waals surface area contributed by atoms with E-state index in [2.05, 4.69) is 6.92 Å². The lowest BCUT2D eigenvalue weighted by atomic mass is 10.1. The number of ether oxygens (including phenoxy) is 1. The van der Waals surface area contributed by atoms with Gasteiger partial charge in [0.2, 0.25) is 0 Å². The molecule has 0 aliphatic carbocycles. The standard InChI is InChI=1S/C12H24NO2/c1-4-5-6-7-8-9-10-11-15-12(14)13(2)3/h1,4-11H2,2-3H3. The van der Waals surface area contributed by atoms with Crippen LogP contribution >= 0.6 is 0 Å². The number of rotatable bonds is 8. The van der Waals surface area contributed by atoms with Gasteiger partial charge in [0.15, 0.2) is 0 Å². The Morgan fingerprint density at radius 1 is 1.07 bits per heavy atom. The summed E-state index contributed by atoms with van der Waals surface area (Å²) in [4.78, 5) is 12.5. The quantitative estimate of drug-likeness (QED) is 0.580. The lowest BCUT2D eigenvalue weighted by Gasteiger charge is -2.10. The monoisotopic (exact) mass is 214 g/mol. The van der Waals surface area contributed by atoms with Crippen LogP contribution in [-0.4, -0.2) is 31.7 Å². The molecule has 0 saturated carbocycles. The molecule has 15 heavy (non-hydrogen) atoms. The van der Waals surface area contributed by atoms with Crippen molar-refractivity contribution in [3.8, 4) is 0 Å². The molecule has 1 amide bonds. The molecular formula is C12H24NO2. The summed E-state index contributed by atoms with van der Waals surface area (Å²) in [6, 6.07) is 0. The van der Waals surface area contributed by atoms with Gasteiger partial charge >= 0.3 is 6.09 Å². The summed E-state index contributed by atoms with van der Waals surface area (Å²) in [7, 11) is 3.39. The van der Waals surface area contributed by atoms with Gasteiger partial charge in [0.05, 0.1) is 6.61 Å². The van der Waals surface area contributed by atoms with Crippen molar-refractivity contribution in [1.82, 2.24) is 4.90 Å². The molecule has 0 fully saturated rings. The van der Waals surface area contributed by atoms with E-state index < -0.39 is 0 Å². The van der Waals surface area contributed by atoms with Crippen molar-refractivity contribution in [2.45, 2.75) is 44.9 Å². The molecule has 0 saturated heterocycles. The summed E-state index contributed by atoms with van der Waals surface area (Å²) in [5, 5.41) is 0. The maximum atomic E-state index is 11.0. The zero-order valence-corrected chi connectivity index (χ0v) is 10.1. The minimum atomic E-state index is -0.243. The van der Waals surface area contributed by atoms with Gasteiger partial charge in [-0.15, -0.1) is 0 Å². The Morgan fingerprint density at radius 3 is 2.13 bits per heavy atom. The van der Waals surface area contributed by atoms with Gasteiger partial charge in [0, 0.05) is 14.1 Å². The first kappa shape index (κ1) is 14.3. The summed E-state index contributed by atoms with van der Waals surface area (Å²) in [6.45, 7) is 4.35. The molecule has 0 rings (SSSR count). The minimum Gasteiger partial charge on any atom is -0.449 e. The Morgan fingerprint density at radius 2 is 1.60 bits per heavy atom. The van der Waals surface area contributed by atoms with Crippen molar-refractivity contribution in [3.63, 3.8) is 0 Å². The van der Waals surface area contributed by atoms with Crippen molar-refractivity contribution in [2.75, 3.05) is 20.7 Å². The van der Waals surface area contributed by atoms with E-state index in [1.165, 1.54) is 30.6 Å². The van der Waals surface area contributed by atoms with E-state index in [-0.39, 0.29) is 6.09 Å². The normalized spacial score (nSPS) is 10.1. The first-order chi connectivity index (χ1) is 7.18. The molecule has 3 heteroatoms. The Balaban J connectivity index is 3.08. The van der Waals surface area contributed by atoms with Crippen molar-refractivity contribution < 1.29 is 9.53 Å². The van der Waals surface area contributed by atoms with Crippen LogP contribution in [0.5, 0.6) is 0 Å². The van der Waals surface area contributed by atoms with Gasteiger partial charge in [0.1, 0.15) is 0 Å². The number of unbranched alkanes of at least 4 members (excludes halogenated alkanes) is 6. The molecule has 0 bridgehead atoms. The summed E-state index contributed by atoms with van der Waals surface area (Å²) in [5.41, 5.74) is 0. The molecule has 0 spiro atoms. The van der Waals surface area contributed by atoms with Gasteiger partial charge < -0.3 is 9.64 Å². The highest BCUT2D eigenvalue weighted by Gasteiger charge is 2.02. The van der Waals surface area contributed by atoms with E-state index in [4.69, 9.17) is 4.74 Å². The number of nitrogens with zero attached hydrogens (tertiary/aromatic N) is 1. The third-order valence-corrected chi connectivity index (χ3v) is 2.24. The molecular weight excluding hydrogens is 190 g/mol. The Bertz CT molecular complexity index is 158. The van der Waals surface area contributed by atoms with Gasteiger partial charge in [-0.3, -0.25) is 0 Å². The number of amides is 1. The van der Waals surface area contributed by atoms with E-state index in [0.29, 0.717) is 6.61 Å². The van der Waals surface area contributed by atoms with Crippen molar-refractivity contribution >= 4 is 6.09 Å². The first-order valence-electron chi connectivity index (χ1n) is 5.81. The van der Waals surface area contributed by atoms with Crippen LogP contribution in [-0.2, 0) is 4.74 Å². The van der Waals surface area contributed by atoms with Gasteiger partial charge in [-0.2, -0.15) is 0 Å². The van der Waals surface area contributed by atoms with Crippen LogP contribution in [0, 0.1) is 6.92 Å². The molecule has 0 aliphatic rings. The molecule has 0 unspecified atom stereocenters. The topological polar surface area (TPSA) is 29.5 Å². The lowest BCUT2D eigenvalue weighted by molar-refractivity contribution is 0.116. The molecule has 0 aromatic rings. The molecule has 0 aromatic carbocycles. The Kier molecular flexibility index (Phi) is 9.33. The number of hydrogen-bond acceptors (Lipinski definition) is 2. The van der Waals surface area contributed by atoms with E-state index in [1.54, 1.807) is 14.1 Å². The van der Waals surface area contributed by atoms with Crippen LogP contribution in [0.15, 0.2) is 0 Å². The highest BCUT2D eigenvalue weighted by atomic mass is 16.6. The van der Waals surface area contributed by atoms with Crippen LogP contribution in [0.25, 0.3) is 0 Å². The molecule has 89 valence electrons. The summed E-state index contributed by atoms with van der Waals surface area (Å²) < 4.78 is 5.01. The molecule has 1 radical (unpaired) electrons. The second-order valence-electron chi connectivity index (χ2n) is 3.98. The zero-order chi connectivity index (χ0) is 11.5. The van der Waals surface area contributed by atoms with Crippen LogP contribution in [0.4, 0.5) is 4.79 Å². The Hall–Kier alpha value is -0.730. The largest absolute Gasteiger partial charge is 0.449 e. The number of carbonyl (C=O) groups excluding carboxylic acids is 1. The predicted molar refractivity (Wildman–Crippen MR) is 62.7 cm³/mol. The highest BCUT2D eigenvalue weighted by Crippen LogP contribution is 2.06. The third kappa shape index (κ3) is 9.57. The smallest absolute Gasteiger partial charge is 0.409 e. The predicted octanol–water partition coefficient (Wildman–Crippen LogP) is 3.25. The first-order valence-corrected chi connectivity index (χ1v) is 5.81. The van der Waals surface area contributed by atoms with Crippen molar-refractivity contribution in [1.29, 1.82) is 0 Å². The average molecular weight is 214 g/mol. The molecule has 0 heterocycles. The number of hydrogen-bond donors (Lipinski definition) is 0. The summed E-state index contributed by atoms with van der Waals surface area (Å²) in [5.74, 6) is 0. The fraction of sp³-hybridized carbons (Fsp3) is 0.833. The minimum absolute atomic E-state index is 0.243. The fourth-order valence-electron chi connectivity index (χ4n) is 1.27. The van der Waals surface area contributed by atoms with E-state index >= 15 is 0 Å². The third-order valence-electron chi connectivity index (χ3n) is 2.24. The van der Waals surface area contributed by atoms with Gasteiger partial charge in [-0.1, -0.05) is 45.4 Å². The van der Waals surface area contributed by atoms with E-state index in [1.807, 2.05) is 0 Å². The fourth-order valence-corrected chi connectivity index (χ4v) is 1.27. The van der Waals surface area contributed by atoms with Crippen molar-refractivity contribution in [3.05, 3.63) is 6.92 Å².